The minimum atomic E-state index is -0.225. The molecule has 1 aliphatic heterocycles. The molecule has 1 unspecified atom stereocenters. The van der Waals surface area contributed by atoms with Gasteiger partial charge in [-0.25, -0.2) is 0 Å². The summed E-state index contributed by atoms with van der Waals surface area (Å²) in [5.74, 6) is 0.452. The highest BCUT2D eigenvalue weighted by molar-refractivity contribution is 5.90. The Kier molecular flexibility index (Phi) is 3.26. The van der Waals surface area contributed by atoms with Gasteiger partial charge in [-0.3, -0.25) is 4.79 Å². The van der Waals surface area contributed by atoms with Crippen LogP contribution in [-0.2, 0) is 0 Å². The van der Waals surface area contributed by atoms with Crippen molar-refractivity contribution in [2.45, 2.75) is 57.0 Å². The van der Waals surface area contributed by atoms with Gasteiger partial charge in [-0.2, -0.15) is 4.98 Å². The number of hydrogen-bond acceptors (Lipinski definition) is 5. The first-order valence-corrected chi connectivity index (χ1v) is 7.06. The van der Waals surface area contributed by atoms with E-state index in [9.17, 15) is 4.79 Å². The molecule has 6 heteroatoms. The molecule has 1 saturated heterocycles. The number of rotatable bonds is 3. The SMILES string of the molecule is CC1(NC(=O)c2noc(C3CCCN3)n2)CCCC1. The van der Waals surface area contributed by atoms with Gasteiger partial charge in [-0.15, -0.1) is 0 Å². The molecule has 1 aromatic rings. The van der Waals surface area contributed by atoms with Crippen LogP contribution >= 0.6 is 0 Å². The average molecular weight is 264 g/mol. The molecule has 3 rings (SSSR count). The molecule has 0 aromatic carbocycles. The van der Waals surface area contributed by atoms with Gasteiger partial charge in [0.1, 0.15) is 0 Å². The van der Waals surface area contributed by atoms with Gasteiger partial charge in [0.05, 0.1) is 6.04 Å². The maximum absolute atomic E-state index is 12.1. The summed E-state index contributed by atoms with van der Waals surface area (Å²) in [5.41, 5.74) is -0.108. The number of carbonyl (C=O) groups is 1. The van der Waals surface area contributed by atoms with Gasteiger partial charge in [-0.05, 0) is 39.2 Å². The number of hydrogen-bond donors (Lipinski definition) is 2. The van der Waals surface area contributed by atoms with E-state index in [1.54, 1.807) is 0 Å². The summed E-state index contributed by atoms with van der Waals surface area (Å²) in [4.78, 5) is 16.3. The maximum atomic E-state index is 12.1. The number of aromatic nitrogens is 2. The van der Waals surface area contributed by atoms with E-state index in [1.165, 1.54) is 12.8 Å². The van der Waals surface area contributed by atoms with Gasteiger partial charge in [0.25, 0.3) is 11.7 Å². The zero-order chi connectivity index (χ0) is 13.3. The van der Waals surface area contributed by atoms with Crippen molar-refractivity contribution in [1.29, 1.82) is 0 Å². The Bertz CT molecular complexity index is 459. The summed E-state index contributed by atoms with van der Waals surface area (Å²) in [6.45, 7) is 3.05. The van der Waals surface area contributed by atoms with Crippen LogP contribution in [0.25, 0.3) is 0 Å². The Morgan fingerprint density at radius 1 is 1.42 bits per heavy atom. The van der Waals surface area contributed by atoms with E-state index in [4.69, 9.17) is 4.52 Å². The molecule has 2 N–H and O–H groups in total. The number of nitrogens with one attached hydrogen (secondary N) is 2. The highest BCUT2D eigenvalue weighted by atomic mass is 16.5. The third-order valence-corrected chi connectivity index (χ3v) is 4.13. The van der Waals surface area contributed by atoms with Gasteiger partial charge in [0.2, 0.25) is 5.89 Å². The fraction of sp³-hybridized carbons (Fsp3) is 0.769. The monoisotopic (exact) mass is 264 g/mol. The summed E-state index contributed by atoms with van der Waals surface area (Å²) in [6.07, 6.45) is 6.47. The lowest BCUT2D eigenvalue weighted by atomic mass is 10.0. The summed E-state index contributed by atoms with van der Waals surface area (Å²) in [6, 6.07) is 0.108. The third-order valence-electron chi connectivity index (χ3n) is 4.13. The van der Waals surface area contributed by atoms with Crippen LogP contribution in [0.1, 0.15) is 68.0 Å². The molecule has 0 radical (unpaired) electrons. The van der Waals surface area contributed by atoms with E-state index in [0.717, 1.165) is 32.2 Å². The maximum Gasteiger partial charge on any atom is 0.293 e. The van der Waals surface area contributed by atoms with Crippen molar-refractivity contribution in [3.8, 4) is 0 Å². The third kappa shape index (κ3) is 2.63. The zero-order valence-electron chi connectivity index (χ0n) is 11.2. The van der Waals surface area contributed by atoms with Crippen LogP contribution in [0.2, 0.25) is 0 Å². The van der Waals surface area contributed by atoms with Crippen LogP contribution in [0.5, 0.6) is 0 Å². The van der Waals surface area contributed by atoms with E-state index < -0.39 is 0 Å². The van der Waals surface area contributed by atoms with E-state index in [2.05, 4.69) is 27.7 Å². The van der Waals surface area contributed by atoms with Crippen molar-refractivity contribution in [1.82, 2.24) is 20.8 Å². The van der Waals surface area contributed by atoms with Crippen molar-refractivity contribution in [3.63, 3.8) is 0 Å². The quantitative estimate of drug-likeness (QED) is 0.866. The van der Waals surface area contributed by atoms with Crippen molar-refractivity contribution in [2.75, 3.05) is 6.54 Å². The highest BCUT2D eigenvalue weighted by Crippen LogP contribution is 2.29. The Balaban J connectivity index is 1.66. The fourth-order valence-corrected chi connectivity index (χ4v) is 2.97. The van der Waals surface area contributed by atoms with Gasteiger partial charge < -0.3 is 15.2 Å². The molecule has 2 heterocycles. The van der Waals surface area contributed by atoms with Gasteiger partial charge in [0, 0.05) is 5.54 Å². The van der Waals surface area contributed by atoms with Crippen molar-refractivity contribution in [3.05, 3.63) is 11.7 Å². The first-order valence-electron chi connectivity index (χ1n) is 7.06. The first-order chi connectivity index (χ1) is 9.16. The van der Waals surface area contributed by atoms with Gasteiger partial charge in [0.15, 0.2) is 0 Å². The number of nitrogens with zero attached hydrogens (tertiary/aromatic N) is 2. The van der Waals surface area contributed by atoms with E-state index in [0.29, 0.717) is 5.89 Å². The minimum Gasteiger partial charge on any atom is -0.344 e. The van der Waals surface area contributed by atoms with Crippen LogP contribution in [0.15, 0.2) is 4.52 Å². The zero-order valence-corrected chi connectivity index (χ0v) is 11.2. The summed E-state index contributed by atoms with van der Waals surface area (Å²) in [5, 5.41) is 10.1. The molecule has 0 spiro atoms. The fourth-order valence-electron chi connectivity index (χ4n) is 2.97. The van der Waals surface area contributed by atoms with Crippen LogP contribution in [0, 0.1) is 0 Å². The van der Waals surface area contributed by atoms with Crippen LogP contribution in [0.3, 0.4) is 0 Å². The molecule has 1 atom stereocenters. The predicted octanol–water partition coefficient (Wildman–Crippen LogP) is 1.56. The molecule has 2 fully saturated rings. The normalized spacial score (nSPS) is 25.6. The molecule has 1 aliphatic carbocycles. The Labute approximate surface area is 112 Å². The Morgan fingerprint density at radius 3 is 2.89 bits per heavy atom. The van der Waals surface area contributed by atoms with Crippen molar-refractivity contribution < 1.29 is 9.32 Å². The Morgan fingerprint density at radius 2 is 2.21 bits per heavy atom. The molecule has 0 bridgehead atoms. The minimum absolute atomic E-state index is 0.108. The first kappa shape index (κ1) is 12.6. The Hall–Kier alpha value is -1.43. The van der Waals surface area contributed by atoms with Crippen molar-refractivity contribution >= 4 is 5.91 Å². The lowest BCUT2D eigenvalue weighted by Gasteiger charge is -2.24. The van der Waals surface area contributed by atoms with Crippen LogP contribution in [0.4, 0.5) is 0 Å². The highest BCUT2D eigenvalue weighted by Gasteiger charge is 2.32. The second-order valence-corrected chi connectivity index (χ2v) is 5.83. The molecule has 6 nitrogen and oxygen atoms in total. The molecule has 104 valence electrons. The lowest BCUT2D eigenvalue weighted by molar-refractivity contribution is 0.0894. The second-order valence-electron chi connectivity index (χ2n) is 5.83. The van der Waals surface area contributed by atoms with Gasteiger partial charge >= 0.3 is 0 Å². The average Bonchev–Trinajstić information content (AvgIpc) is 3.09. The summed E-state index contributed by atoms with van der Waals surface area (Å²) in [7, 11) is 0. The molecule has 19 heavy (non-hydrogen) atoms. The molecular formula is C13H20N4O2. The van der Waals surface area contributed by atoms with Crippen LogP contribution in [-0.4, -0.2) is 28.1 Å². The number of amides is 1. The summed E-state index contributed by atoms with van der Waals surface area (Å²) < 4.78 is 5.18. The second kappa shape index (κ2) is 4.92. The van der Waals surface area contributed by atoms with E-state index in [-0.39, 0.29) is 23.3 Å². The molecule has 1 amide bonds. The molecule has 1 saturated carbocycles. The van der Waals surface area contributed by atoms with Crippen molar-refractivity contribution in [2.24, 2.45) is 0 Å². The van der Waals surface area contributed by atoms with Crippen LogP contribution < -0.4 is 10.6 Å². The number of carbonyl (C=O) groups excluding carboxylic acids is 1. The molecular weight excluding hydrogens is 244 g/mol. The van der Waals surface area contributed by atoms with E-state index >= 15 is 0 Å². The largest absolute Gasteiger partial charge is 0.344 e. The van der Waals surface area contributed by atoms with E-state index in [1.807, 2.05) is 0 Å². The smallest absolute Gasteiger partial charge is 0.293 e. The lowest BCUT2D eigenvalue weighted by Crippen LogP contribution is -2.44. The molecule has 2 aliphatic rings. The molecule has 1 aromatic heterocycles. The van der Waals surface area contributed by atoms with Gasteiger partial charge in [-0.1, -0.05) is 18.0 Å². The topological polar surface area (TPSA) is 80.0 Å². The predicted molar refractivity (Wildman–Crippen MR) is 68.6 cm³/mol. The summed E-state index contributed by atoms with van der Waals surface area (Å²) >= 11 is 0. The standard InChI is InChI=1S/C13H20N4O2/c1-13(6-2-3-7-13)16-11(18)10-15-12(19-17-10)9-5-4-8-14-9/h9,14H,2-8H2,1H3,(H,16,18).